The first-order valence-electron chi connectivity index (χ1n) is 5.23. The Morgan fingerprint density at radius 3 is 2.59 bits per heavy atom. The van der Waals surface area contributed by atoms with Crippen molar-refractivity contribution in [2.45, 2.75) is 36.0 Å². The highest BCUT2D eigenvalue weighted by Gasteiger charge is 2.18. The van der Waals surface area contributed by atoms with Crippen LogP contribution >= 0.6 is 15.9 Å². The van der Waals surface area contributed by atoms with Crippen molar-refractivity contribution in [3.63, 3.8) is 0 Å². The zero-order valence-electron chi connectivity index (χ0n) is 9.65. The van der Waals surface area contributed by atoms with Gasteiger partial charge in [-0.3, -0.25) is 0 Å². The molecule has 0 aliphatic heterocycles. The molecular formula is C11H15BrFNO2S. The zero-order valence-corrected chi connectivity index (χ0v) is 12.1. The van der Waals surface area contributed by atoms with Crippen molar-refractivity contribution < 1.29 is 12.8 Å². The van der Waals surface area contributed by atoms with E-state index in [2.05, 4.69) is 20.7 Å². The summed E-state index contributed by atoms with van der Waals surface area (Å²) in [4.78, 5) is 0.166. The molecule has 2 unspecified atom stereocenters. The van der Waals surface area contributed by atoms with Gasteiger partial charge in [0.15, 0.2) is 0 Å². The summed E-state index contributed by atoms with van der Waals surface area (Å²) in [6, 6.07) is 4.75. The Bertz CT molecular complexity index is 476. The first-order chi connectivity index (χ1) is 7.81. The van der Waals surface area contributed by atoms with Crippen LogP contribution in [0.25, 0.3) is 0 Å². The van der Waals surface area contributed by atoms with Gasteiger partial charge in [-0.15, -0.1) is 0 Å². The molecule has 96 valence electrons. The average Bonchev–Trinajstić information content (AvgIpc) is 2.15. The van der Waals surface area contributed by atoms with E-state index < -0.39 is 15.8 Å². The van der Waals surface area contributed by atoms with Crippen LogP contribution in [0.3, 0.4) is 0 Å². The van der Waals surface area contributed by atoms with E-state index in [1.54, 1.807) is 6.92 Å². The van der Waals surface area contributed by atoms with Crippen molar-refractivity contribution in [2.24, 2.45) is 0 Å². The van der Waals surface area contributed by atoms with Gasteiger partial charge in [0, 0.05) is 10.9 Å². The zero-order chi connectivity index (χ0) is 13.1. The van der Waals surface area contributed by atoms with E-state index in [-0.39, 0.29) is 15.8 Å². The number of nitrogens with one attached hydrogen (secondary N) is 1. The molecule has 0 fully saturated rings. The molecule has 6 heteroatoms. The summed E-state index contributed by atoms with van der Waals surface area (Å²) >= 11 is 3.36. The topological polar surface area (TPSA) is 46.2 Å². The molecule has 0 bridgehead atoms. The Kier molecular flexibility index (Phi) is 5.09. The molecular weight excluding hydrogens is 309 g/mol. The van der Waals surface area contributed by atoms with Crippen LogP contribution in [0.15, 0.2) is 29.2 Å². The van der Waals surface area contributed by atoms with Gasteiger partial charge < -0.3 is 0 Å². The molecule has 1 rings (SSSR count). The summed E-state index contributed by atoms with van der Waals surface area (Å²) in [6.45, 7) is 3.71. The molecule has 2 atom stereocenters. The van der Waals surface area contributed by atoms with E-state index in [0.717, 1.165) is 6.07 Å². The maximum Gasteiger partial charge on any atom is 0.240 e. The highest BCUT2D eigenvalue weighted by molar-refractivity contribution is 9.09. The monoisotopic (exact) mass is 323 g/mol. The van der Waals surface area contributed by atoms with E-state index in [0.29, 0.717) is 6.42 Å². The van der Waals surface area contributed by atoms with Gasteiger partial charge in [-0.1, -0.05) is 28.9 Å². The summed E-state index contributed by atoms with van der Waals surface area (Å²) in [7, 11) is -3.64. The van der Waals surface area contributed by atoms with Crippen molar-refractivity contribution in [1.82, 2.24) is 4.72 Å². The minimum absolute atomic E-state index is 0.0495. The summed E-state index contributed by atoms with van der Waals surface area (Å²) in [6.07, 6.45) is 0.661. The molecule has 1 aromatic carbocycles. The van der Waals surface area contributed by atoms with E-state index in [1.165, 1.54) is 18.2 Å². The number of rotatable bonds is 5. The van der Waals surface area contributed by atoms with Crippen LogP contribution in [0.2, 0.25) is 0 Å². The van der Waals surface area contributed by atoms with Crippen LogP contribution in [0.4, 0.5) is 4.39 Å². The second-order valence-electron chi connectivity index (χ2n) is 4.00. The van der Waals surface area contributed by atoms with Crippen LogP contribution in [-0.2, 0) is 10.0 Å². The summed E-state index contributed by atoms with van der Waals surface area (Å²) in [5, 5.41) is 0. The quantitative estimate of drug-likeness (QED) is 0.847. The van der Waals surface area contributed by atoms with Crippen LogP contribution in [0.1, 0.15) is 20.3 Å². The van der Waals surface area contributed by atoms with Crippen molar-refractivity contribution in [3.8, 4) is 0 Å². The normalized spacial score (nSPS) is 15.5. The Morgan fingerprint density at radius 2 is 2.06 bits per heavy atom. The first-order valence-corrected chi connectivity index (χ1v) is 7.63. The van der Waals surface area contributed by atoms with Gasteiger partial charge in [0.1, 0.15) is 5.82 Å². The molecule has 0 aliphatic carbocycles. The molecule has 0 aliphatic rings. The maximum atomic E-state index is 12.9. The predicted octanol–water partition coefficient (Wildman–Crippen LogP) is 2.67. The summed E-state index contributed by atoms with van der Waals surface area (Å²) in [5.41, 5.74) is 0. The fraction of sp³-hybridized carbons (Fsp3) is 0.455. The van der Waals surface area contributed by atoms with Gasteiger partial charge in [0.05, 0.1) is 4.90 Å². The molecule has 17 heavy (non-hydrogen) atoms. The lowest BCUT2D eigenvalue weighted by Gasteiger charge is -2.15. The van der Waals surface area contributed by atoms with Gasteiger partial charge in [-0.25, -0.2) is 17.5 Å². The third-order valence-electron chi connectivity index (χ3n) is 2.14. The van der Waals surface area contributed by atoms with E-state index >= 15 is 0 Å². The van der Waals surface area contributed by atoms with Crippen molar-refractivity contribution in [1.29, 1.82) is 0 Å². The molecule has 1 aromatic rings. The summed E-state index contributed by atoms with van der Waals surface area (Å²) in [5.74, 6) is -0.561. The van der Waals surface area contributed by atoms with Gasteiger partial charge in [-0.2, -0.15) is 0 Å². The number of sulfonamides is 1. The van der Waals surface area contributed by atoms with Crippen LogP contribution in [0, 0.1) is 5.82 Å². The molecule has 3 nitrogen and oxygen atoms in total. The SMILES string of the molecule is CC(Br)CC(C)NS(=O)(=O)c1cccc(F)c1. The minimum atomic E-state index is -3.64. The Balaban J connectivity index is 2.82. The lowest BCUT2D eigenvalue weighted by molar-refractivity contribution is 0.546. The Hall–Kier alpha value is -0.460. The van der Waals surface area contributed by atoms with Crippen molar-refractivity contribution in [2.75, 3.05) is 0 Å². The molecule has 0 saturated carbocycles. The van der Waals surface area contributed by atoms with Gasteiger partial charge in [0.25, 0.3) is 0 Å². The molecule has 0 heterocycles. The van der Waals surface area contributed by atoms with Crippen LogP contribution in [-0.4, -0.2) is 19.3 Å². The molecule has 1 N–H and O–H groups in total. The van der Waals surface area contributed by atoms with E-state index in [9.17, 15) is 12.8 Å². The highest BCUT2D eigenvalue weighted by Crippen LogP contribution is 2.13. The maximum absolute atomic E-state index is 12.9. The molecule has 0 spiro atoms. The summed E-state index contributed by atoms with van der Waals surface area (Å²) < 4.78 is 39.2. The highest BCUT2D eigenvalue weighted by atomic mass is 79.9. The molecule has 0 radical (unpaired) electrons. The number of halogens is 2. The third kappa shape index (κ3) is 4.73. The number of benzene rings is 1. The predicted molar refractivity (Wildman–Crippen MR) is 69.2 cm³/mol. The van der Waals surface area contributed by atoms with Crippen molar-refractivity contribution in [3.05, 3.63) is 30.1 Å². The second kappa shape index (κ2) is 5.93. The molecule has 0 amide bonds. The van der Waals surface area contributed by atoms with Gasteiger partial charge >= 0.3 is 0 Å². The number of alkyl halides is 1. The van der Waals surface area contributed by atoms with Crippen LogP contribution < -0.4 is 4.72 Å². The third-order valence-corrected chi connectivity index (χ3v) is 4.10. The molecule has 0 saturated heterocycles. The van der Waals surface area contributed by atoms with Gasteiger partial charge in [-0.05, 0) is 31.5 Å². The lowest BCUT2D eigenvalue weighted by Crippen LogP contribution is -2.33. The van der Waals surface area contributed by atoms with Gasteiger partial charge in [0.2, 0.25) is 10.0 Å². The number of hydrogen-bond acceptors (Lipinski definition) is 2. The minimum Gasteiger partial charge on any atom is -0.208 e. The number of hydrogen-bond donors (Lipinski definition) is 1. The van der Waals surface area contributed by atoms with E-state index in [1.807, 2.05) is 6.92 Å². The average molecular weight is 324 g/mol. The molecule has 0 aromatic heterocycles. The largest absolute Gasteiger partial charge is 0.240 e. The fourth-order valence-corrected chi connectivity index (χ4v) is 3.35. The standard InChI is InChI=1S/C11H15BrFNO2S/c1-8(12)6-9(2)14-17(15,16)11-5-3-4-10(13)7-11/h3-5,7-9,14H,6H2,1-2H3. The van der Waals surface area contributed by atoms with E-state index in [4.69, 9.17) is 0 Å². The van der Waals surface area contributed by atoms with Crippen LogP contribution in [0.5, 0.6) is 0 Å². The Morgan fingerprint density at radius 1 is 1.41 bits per heavy atom. The lowest BCUT2D eigenvalue weighted by atomic mass is 10.2. The second-order valence-corrected chi connectivity index (χ2v) is 7.27. The fourth-order valence-electron chi connectivity index (χ4n) is 1.50. The van der Waals surface area contributed by atoms with Crippen molar-refractivity contribution >= 4 is 26.0 Å². The first kappa shape index (κ1) is 14.6. The Labute approximate surface area is 110 Å². The smallest absolute Gasteiger partial charge is 0.208 e.